The van der Waals surface area contributed by atoms with Gasteiger partial charge in [-0.15, -0.1) is 0 Å². The van der Waals surface area contributed by atoms with Crippen LogP contribution in [0.2, 0.25) is 0 Å². The molecule has 2 aromatic rings. The SMILES string of the molecule is CCC(CC)Oc1cccc(F)c1NS(=O)(=O)c1ccc(C)cc1. The van der Waals surface area contributed by atoms with Gasteiger partial charge in [0.05, 0.1) is 11.0 Å². The summed E-state index contributed by atoms with van der Waals surface area (Å²) in [5.41, 5.74) is 0.780. The second-order valence-electron chi connectivity index (χ2n) is 5.59. The number of anilines is 1. The summed E-state index contributed by atoms with van der Waals surface area (Å²) in [5, 5.41) is 0. The van der Waals surface area contributed by atoms with E-state index in [-0.39, 0.29) is 22.4 Å². The molecule has 0 heterocycles. The van der Waals surface area contributed by atoms with E-state index in [0.29, 0.717) is 0 Å². The Morgan fingerprint density at radius 1 is 1.08 bits per heavy atom. The van der Waals surface area contributed by atoms with Crippen molar-refractivity contribution in [3.8, 4) is 5.75 Å². The van der Waals surface area contributed by atoms with Crippen LogP contribution < -0.4 is 9.46 Å². The number of aryl methyl sites for hydroxylation is 1. The summed E-state index contributed by atoms with van der Waals surface area (Å²) in [6.45, 7) is 5.79. The lowest BCUT2D eigenvalue weighted by atomic mass is 10.2. The number of nitrogens with one attached hydrogen (secondary N) is 1. The van der Waals surface area contributed by atoms with Crippen molar-refractivity contribution in [2.24, 2.45) is 0 Å². The molecule has 0 aliphatic carbocycles. The van der Waals surface area contributed by atoms with Gasteiger partial charge in [0.2, 0.25) is 0 Å². The maximum Gasteiger partial charge on any atom is 0.262 e. The quantitative estimate of drug-likeness (QED) is 0.799. The van der Waals surface area contributed by atoms with Gasteiger partial charge < -0.3 is 4.74 Å². The molecule has 0 unspecified atom stereocenters. The van der Waals surface area contributed by atoms with Crippen LogP contribution in [0.1, 0.15) is 32.3 Å². The van der Waals surface area contributed by atoms with Crippen LogP contribution in [-0.4, -0.2) is 14.5 Å². The second-order valence-corrected chi connectivity index (χ2v) is 7.27. The molecule has 2 rings (SSSR count). The molecule has 0 radical (unpaired) electrons. The topological polar surface area (TPSA) is 55.4 Å². The first kappa shape index (κ1) is 18.3. The first-order valence-electron chi connectivity index (χ1n) is 7.92. The van der Waals surface area contributed by atoms with Crippen molar-refractivity contribution >= 4 is 15.7 Å². The van der Waals surface area contributed by atoms with E-state index in [1.165, 1.54) is 24.3 Å². The standard InChI is InChI=1S/C18H22FNO3S/c1-4-14(5-2)23-17-8-6-7-16(19)18(17)20-24(21,22)15-11-9-13(3)10-12-15/h6-12,14,20H,4-5H2,1-3H3. The third-order valence-corrected chi connectivity index (χ3v) is 5.11. The molecule has 0 spiro atoms. The van der Waals surface area contributed by atoms with Gasteiger partial charge in [-0.25, -0.2) is 12.8 Å². The Bertz CT molecular complexity index is 784. The predicted octanol–water partition coefficient (Wildman–Crippen LogP) is 4.50. The Hall–Kier alpha value is -2.08. The minimum atomic E-state index is -3.89. The number of rotatable bonds is 7. The molecule has 0 bridgehead atoms. The number of para-hydroxylation sites is 1. The Labute approximate surface area is 142 Å². The third-order valence-electron chi connectivity index (χ3n) is 3.75. The molecule has 0 aliphatic heterocycles. The molecule has 2 aromatic carbocycles. The number of hydrogen-bond acceptors (Lipinski definition) is 3. The van der Waals surface area contributed by atoms with Crippen molar-refractivity contribution in [2.75, 3.05) is 4.72 Å². The normalized spacial score (nSPS) is 11.5. The molecular weight excluding hydrogens is 329 g/mol. The van der Waals surface area contributed by atoms with Gasteiger partial charge in [-0.1, -0.05) is 37.6 Å². The predicted molar refractivity (Wildman–Crippen MR) is 93.4 cm³/mol. The summed E-state index contributed by atoms with van der Waals surface area (Å²) in [6, 6.07) is 10.6. The minimum Gasteiger partial charge on any atom is -0.488 e. The Balaban J connectivity index is 2.36. The zero-order chi connectivity index (χ0) is 17.7. The van der Waals surface area contributed by atoms with Gasteiger partial charge in [0.25, 0.3) is 10.0 Å². The summed E-state index contributed by atoms with van der Waals surface area (Å²) in [4.78, 5) is 0.0739. The van der Waals surface area contributed by atoms with E-state index >= 15 is 0 Å². The molecule has 0 aromatic heterocycles. The molecule has 0 atom stereocenters. The summed E-state index contributed by atoms with van der Waals surface area (Å²) >= 11 is 0. The number of benzene rings is 2. The van der Waals surface area contributed by atoms with Crippen molar-refractivity contribution in [3.63, 3.8) is 0 Å². The largest absolute Gasteiger partial charge is 0.488 e. The fraction of sp³-hybridized carbons (Fsp3) is 0.333. The summed E-state index contributed by atoms with van der Waals surface area (Å²) < 4.78 is 47.3. The van der Waals surface area contributed by atoms with Crippen molar-refractivity contribution in [3.05, 3.63) is 53.8 Å². The van der Waals surface area contributed by atoms with Crippen LogP contribution in [0, 0.1) is 12.7 Å². The van der Waals surface area contributed by atoms with Crippen molar-refractivity contribution < 1.29 is 17.5 Å². The van der Waals surface area contributed by atoms with Crippen molar-refractivity contribution in [1.82, 2.24) is 0 Å². The van der Waals surface area contributed by atoms with Gasteiger partial charge in [-0.3, -0.25) is 4.72 Å². The average Bonchev–Trinajstić information content (AvgIpc) is 2.55. The molecule has 130 valence electrons. The van der Waals surface area contributed by atoms with Crippen LogP contribution in [0.25, 0.3) is 0 Å². The average molecular weight is 351 g/mol. The fourth-order valence-corrected chi connectivity index (χ4v) is 3.33. The second kappa shape index (κ2) is 7.66. The summed E-state index contributed by atoms with van der Waals surface area (Å²) in [5.74, 6) is -0.478. The van der Waals surface area contributed by atoms with E-state index in [1.54, 1.807) is 18.2 Å². The van der Waals surface area contributed by atoms with Gasteiger partial charge in [-0.2, -0.15) is 0 Å². The lowest BCUT2D eigenvalue weighted by molar-refractivity contribution is 0.193. The number of hydrogen-bond donors (Lipinski definition) is 1. The van der Waals surface area contributed by atoms with Gasteiger partial charge in [0, 0.05) is 0 Å². The number of halogens is 1. The zero-order valence-electron chi connectivity index (χ0n) is 14.0. The van der Waals surface area contributed by atoms with Crippen molar-refractivity contribution in [2.45, 2.75) is 44.6 Å². The molecule has 6 heteroatoms. The first-order chi connectivity index (χ1) is 11.4. The monoisotopic (exact) mass is 351 g/mol. The Kier molecular flexibility index (Phi) is 5.83. The highest BCUT2D eigenvalue weighted by atomic mass is 32.2. The van der Waals surface area contributed by atoms with E-state index in [4.69, 9.17) is 4.74 Å². The van der Waals surface area contributed by atoms with Crippen LogP contribution >= 0.6 is 0 Å². The molecule has 0 saturated heterocycles. The highest BCUT2D eigenvalue weighted by Gasteiger charge is 2.20. The maximum absolute atomic E-state index is 14.2. The van der Waals surface area contributed by atoms with Gasteiger partial charge in [0.1, 0.15) is 11.4 Å². The molecule has 24 heavy (non-hydrogen) atoms. The van der Waals surface area contributed by atoms with E-state index in [0.717, 1.165) is 18.4 Å². The molecule has 0 fully saturated rings. The van der Waals surface area contributed by atoms with Crippen LogP contribution in [0.3, 0.4) is 0 Å². The van der Waals surface area contributed by atoms with E-state index in [9.17, 15) is 12.8 Å². The smallest absolute Gasteiger partial charge is 0.262 e. The highest BCUT2D eigenvalue weighted by molar-refractivity contribution is 7.92. The van der Waals surface area contributed by atoms with E-state index in [2.05, 4.69) is 4.72 Å². The van der Waals surface area contributed by atoms with Gasteiger partial charge in [-0.05, 0) is 44.0 Å². The number of sulfonamides is 1. The van der Waals surface area contributed by atoms with Gasteiger partial charge in [0.15, 0.2) is 5.82 Å². The minimum absolute atomic E-state index is 0.0739. The molecular formula is C18H22FNO3S. The van der Waals surface area contributed by atoms with Crippen LogP contribution in [0.15, 0.2) is 47.4 Å². The van der Waals surface area contributed by atoms with Crippen LogP contribution in [-0.2, 0) is 10.0 Å². The fourth-order valence-electron chi connectivity index (χ4n) is 2.25. The maximum atomic E-state index is 14.2. The van der Waals surface area contributed by atoms with E-state index < -0.39 is 15.8 Å². The van der Waals surface area contributed by atoms with Crippen LogP contribution in [0.4, 0.5) is 10.1 Å². The highest BCUT2D eigenvalue weighted by Crippen LogP contribution is 2.31. The van der Waals surface area contributed by atoms with Gasteiger partial charge >= 0.3 is 0 Å². The Morgan fingerprint density at radius 2 is 1.71 bits per heavy atom. The Morgan fingerprint density at radius 3 is 2.29 bits per heavy atom. The molecule has 0 aliphatic rings. The number of ether oxygens (including phenoxy) is 1. The zero-order valence-corrected chi connectivity index (χ0v) is 14.9. The van der Waals surface area contributed by atoms with Crippen molar-refractivity contribution in [1.29, 1.82) is 0 Å². The third kappa shape index (κ3) is 4.26. The summed E-state index contributed by atoms with van der Waals surface area (Å²) in [6.07, 6.45) is 1.39. The molecule has 4 nitrogen and oxygen atoms in total. The lowest BCUT2D eigenvalue weighted by Crippen LogP contribution is -2.18. The molecule has 0 amide bonds. The first-order valence-corrected chi connectivity index (χ1v) is 9.40. The summed E-state index contributed by atoms with van der Waals surface area (Å²) in [7, 11) is -3.89. The molecule has 1 N–H and O–H groups in total. The van der Waals surface area contributed by atoms with Crippen LogP contribution in [0.5, 0.6) is 5.75 Å². The molecule has 0 saturated carbocycles. The van der Waals surface area contributed by atoms with E-state index in [1.807, 2.05) is 20.8 Å². The lowest BCUT2D eigenvalue weighted by Gasteiger charge is -2.19.